The Morgan fingerprint density at radius 3 is 2.32 bits per heavy atom. The first kappa shape index (κ1) is 17.6. The van der Waals surface area contributed by atoms with Crippen LogP contribution in [0.5, 0.6) is 0 Å². The molecule has 25 heavy (non-hydrogen) atoms. The molecule has 132 valence electrons. The average molecular weight is 358 g/mol. The molecule has 1 aliphatic rings. The number of rotatable bonds is 4. The Morgan fingerprint density at radius 1 is 1.04 bits per heavy atom. The van der Waals surface area contributed by atoms with Crippen molar-refractivity contribution in [3.8, 4) is 0 Å². The van der Waals surface area contributed by atoms with Crippen LogP contribution < -0.4 is 0 Å². The Kier molecular flexibility index (Phi) is 5.50. The van der Waals surface area contributed by atoms with Gasteiger partial charge in [0.1, 0.15) is 5.84 Å². The van der Waals surface area contributed by atoms with Gasteiger partial charge < -0.3 is 9.64 Å². The molecular formula is C19H22N2O3S. The molecule has 0 aliphatic carbocycles. The van der Waals surface area contributed by atoms with Crippen molar-refractivity contribution in [2.45, 2.75) is 18.2 Å². The molecule has 0 atom stereocenters. The first-order chi connectivity index (χ1) is 12.0. The third-order valence-electron chi connectivity index (χ3n) is 4.13. The number of aryl methyl sites for hydroxylation is 1. The molecule has 3 rings (SSSR count). The smallest absolute Gasteiger partial charge is 0.283 e. The van der Waals surface area contributed by atoms with Crippen LogP contribution in [0.3, 0.4) is 0 Å². The molecule has 1 saturated heterocycles. The third-order valence-corrected chi connectivity index (χ3v) is 5.44. The van der Waals surface area contributed by atoms with Crippen LogP contribution in [0.1, 0.15) is 11.1 Å². The quantitative estimate of drug-likeness (QED) is 0.623. The number of nitrogens with zero attached hydrogens (tertiary/aromatic N) is 2. The number of hydrogen-bond donors (Lipinski definition) is 0. The molecule has 0 saturated carbocycles. The fourth-order valence-electron chi connectivity index (χ4n) is 2.70. The molecule has 0 bridgehead atoms. The van der Waals surface area contributed by atoms with Crippen molar-refractivity contribution in [3.05, 3.63) is 65.7 Å². The van der Waals surface area contributed by atoms with E-state index < -0.39 is 10.0 Å². The van der Waals surface area contributed by atoms with Crippen molar-refractivity contribution in [2.24, 2.45) is 4.40 Å². The third kappa shape index (κ3) is 4.67. The summed E-state index contributed by atoms with van der Waals surface area (Å²) in [5, 5.41) is 0. The molecule has 1 heterocycles. The Hall–Kier alpha value is -2.18. The second-order valence-electron chi connectivity index (χ2n) is 6.06. The fourth-order valence-corrected chi connectivity index (χ4v) is 3.75. The standard InChI is InChI=1S/C19H22N2O3S/c1-16-7-9-18(10-8-16)25(22,23)20-19(21-11-13-24-14-12-21)15-17-5-3-2-4-6-17/h2-10H,11-15H2,1H3/b20-19-. The zero-order valence-electron chi connectivity index (χ0n) is 14.3. The van der Waals surface area contributed by atoms with Gasteiger partial charge in [0.05, 0.1) is 18.1 Å². The normalized spacial score (nSPS) is 16.0. The van der Waals surface area contributed by atoms with Crippen LogP contribution in [0.25, 0.3) is 0 Å². The highest BCUT2D eigenvalue weighted by molar-refractivity contribution is 7.90. The van der Waals surface area contributed by atoms with Gasteiger partial charge in [0.15, 0.2) is 0 Å². The molecule has 2 aromatic carbocycles. The topological polar surface area (TPSA) is 59.0 Å². The van der Waals surface area contributed by atoms with E-state index in [1.807, 2.05) is 42.2 Å². The molecule has 0 aromatic heterocycles. The zero-order valence-corrected chi connectivity index (χ0v) is 15.1. The summed E-state index contributed by atoms with van der Waals surface area (Å²) < 4.78 is 35.1. The Bertz CT molecular complexity index is 825. The van der Waals surface area contributed by atoms with E-state index in [0.717, 1.165) is 11.1 Å². The van der Waals surface area contributed by atoms with E-state index in [1.54, 1.807) is 24.3 Å². The number of hydrogen-bond acceptors (Lipinski definition) is 3. The van der Waals surface area contributed by atoms with Gasteiger partial charge in [-0.25, -0.2) is 0 Å². The summed E-state index contributed by atoms with van der Waals surface area (Å²) in [5.74, 6) is 0.565. The van der Waals surface area contributed by atoms with Crippen LogP contribution in [0, 0.1) is 6.92 Å². The van der Waals surface area contributed by atoms with Gasteiger partial charge in [-0.2, -0.15) is 8.42 Å². The molecule has 0 N–H and O–H groups in total. The molecular weight excluding hydrogens is 336 g/mol. The lowest BCUT2D eigenvalue weighted by atomic mass is 10.1. The fraction of sp³-hybridized carbons (Fsp3) is 0.316. The zero-order chi connectivity index (χ0) is 17.7. The predicted octanol–water partition coefficient (Wildman–Crippen LogP) is 2.66. The van der Waals surface area contributed by atoms with Crippen molar-refractivity contribution in [1.82, 2.24) is 4.90 Å². The number of morpholine rings is 1. The van der Waals surface area contributed by atoms with Gasteiger partial charge in [0.2, 0.25) is 0 Å². The van der Waals surface area contributed by atoms with Gasteiger partial charge in [-0.3, -0.25) is 0 Å². The maximum atomic E-state index is 12.7. The van der Waals surface area contributed by atoms with Crippen LogP contribution >= 0.6 is 0 Å². The average Bonchev–Trinajstić information content (AvgIpc) is 2.63. The van der Waals surface area contributed by atoms with Crippen LogP contribution in [-0.4, -0.2) is 45.5 Å². The van der Waals surface area contributed by atoms with Crippen molar-refractivity contribution < 1.29 is 13.2 Å². The Balaban J connectivity index is 1.94. The molecule has 2 aromatic rings. The highest BCUT2D eigenvalue weighted by Crippen LogP contribution is 2.16. The SMILES string of the molecule is Cc1ccc(S(=O)(=O)/N=C(/Cc2ccccc2)N2CCOCC2)cc1. The van der Waals surface area contributed by atoms with E-state index in [4.69, 9.17) is 4.74 Å². The lowest BCUT2D eigenvalue weighted by Gasteiger charge is -2.29. The minimum absolute atomic E-state index is 0.219. The van der Waals surface area contributed by atoms with E-state index in [0.29, 0.717) is 38.6 Å². The van der Waals surface area contributed by atoms with Crippen molar-refractivity contribution in [1.29, 1.82) is 0 Å². The van der Waals surface area contributed by atoms with Crippen molar-refractivity contribution in [2.75, 3.05) is 26.3 Å². The molecule has 0 amide bonds. The van der Waals surface area contributed by atoms with Crippen LogP contribution in [0.4, 0.5) is 0 Å². The molecule has 1 aliphatic heterocycles. The maximum Gasteiger partial charge on any atom is 0.283 e. The first-order valence-corrected chi connectivity index (χ1v) is 9.76. The summed E-state index contributed by atoms with van der Waals surface area (Å²) in [7, 11) is -3.74. The lowest BCUT2D eigenvalue weighted by Crippen LogP contribution is -2.42. The van der Waals surface area contributed by atoms with Crippen molar-refractivity contribution in [3.63, 3.8) is 0 Å². The van der Waals surface area contributed by atoms with Gasteiger partial charge in [-0.05, 0) is 24.6 Å². The van der Waals surface area contributed by atoms with Gasteiger partial charge >= 0.3 is 0 Å². The Morgan fingerprint density at radius 2 is 1.68 bits per heavy atom. The van der Waals surface area contributed by atoms with E-state index in [9.17, 15) is 8.42 Å². The van der Waals surface area contributed by atoms with Gasteiger partial charge in [0.25, 0.3) is 10.0 Å². The van der Waals surface area contributed by atoms with Gasteiger partial charge in [-0.1, -0.05) is 48.0 Å². The monoisotopic (exact) mass is 358 g/mol. The number of benzene rings is 2. The van der Waals surface area contributed by atoms with E-state index in [2.05, 4.69) is 4.40 Å². The maximum absolute atomic E-state index is 12.7. The summed E-state index contributed by atoms with van der Waals surface area (Å²) in [6, 6.07) is 16.6. The molecule has 6 heteroatoms. The summed E-state index contributed by atoms with van der Waals surface area (Å²) in [6.45, 7) is 4.38. The highest BCUT2D eigenvalue weighted by atomic mass is 32.2. The number of sulfonamides is 1. The number of amidine groups is 1. The van der Waals surface area contributed by atoms with Crippen molar-refractivity contribution >= 4 is 15.9 Å². The van der Waals surface area contributed by atoms with E-state index in [-0.39, 0.29) is 4.90 Å². The van der Waals surface area contributed by atoms with E-state index in [1.165, 1.54) is 0 Å². The summed E-state index contributed by atoms with van der Waals surface area (Å²) in [5.41, 5.74) is 2.05. The molecule has 0 unspecified atom stereocenters. The highest BCUT2D eigenvalue weighted by Gasteiger charge is 2.20. The minimum Gasteiger partial charge on any atom is -0.378 e. The molecule has 0 spiro atoms. The predicted molar refractivity (Wildman–Crippen MR) is 98.3 cm³/mol. The summed E-state index contributed by atoms with van der Waals surface area (Å²) >= 11 is 0. The lowest BCUT2D eigenvalue weighted by molar-refractivity contribution is 0.0675. The van der Waals surface area contributed by atoms with Crippen LogP contribution in [-0.2, 0) is 21.2 Å². The minimum atomic E-state index is -3.74. The summed E-state index contributed by atoms with van der Waals surface area (Å²) in [4.78, 5) is 2.22. The van der Waals surface area contributed by atoms with Crippen LogP contribution in [0.2, 0.25) is 0 Å². The van der Waals surface area contributed by atoms with Crippen LogP contribution in [0.15, 0.2) is 63.9 Å². The van der Waals surface area contributed by atoms with E-state index >= 15 is 0 Å². The molecule has 1 fully saturated rings. The first-order valence-electron chi connectivity index (χ1n) is 8.32. The van der Waals surface area contributed by atoms with Gasteiger partial charge in [-0.15, -0.1) is 4.40 Å². The Labute approximate surface area is 149 Å². The molecule has 5 nitrogen and oxygen atoms in total. The number of ether oxygens (including phenoxy) is 1. The van der Waals surface area contributed by atoms with Gasteiger partial charge in [0, 0.05) is 19.5 Å². The second kappa shape index (κ2) is 7.80. The molecule has 0 radical (unpaired) electrons. The summed E-state index contributed by atoms with van der Waals surface area (Å²) in [6.07, 6.45) is 0.478. The second-order valence-corrected chi connectivity index (χ2v) is 7.66. The largest absolute Gasteiger partial charge is 0.378 e.